The highest BCUT2D eigenvalue weighted by molar-refractivity contribution is 8.13. The van der Waals surface area contributed by atoms with Crippen molar-refractivity contribution in [1.29, 1.82) is 0 Å². The number of amides is 1. The number of nitrogens with one attached hydrogen (secondary N) is 1. The van der Waals surface area contributed by atoms with Gasteiger partial charge in [0.1, 0.15) is 0 Å². The van der Waals surface area contributed by atoms with E-state index in [0.29, 0.717) is 12.0 Å². The first kappa shape index (κ1) is 13.4. The summed E-state index contributed by atoms with van der Waals surface area (Å²) in [5.74, 6) is -0.225. The maximum Gasteiger partial charge on any atom is 0.261 e. The molecule has 1 aromatic rings. The lowest BCUT2D eigenvalue weighted by Gasteiger charge is -2.09. The van der Waals surface area contributed by atoms with Crippen LogP contribution >= 0.6 is 10.7 Å². The molecule has 98 valence electrons. The van der Waals surface area contributed by atoms with Crippen molar-refractivity contribution in [3.63, 3.8) is 0 Å². The van der Waals surface area contributed by atoms with Gasteiger partial charge in [0.2, 0.25) is 0 Å². The summed E-state index contributed by atoms with van der Waals surface area (Å²) in [5, 5.41) is 2.85. The van der Waals surface area contributed by atoms with E-state index < -0.39 is 9.05 Å². The second-order valence-electron chi connectivity index (χ2n) is 4.36. The standard InChI is InChI=1S/C12H14ClNO3S/c1-2-8-3-6-10(18(13,16)17)7-11(8)12(15)14-9-4-5-9/h3,6-7,9H,2,4-5H2,1H3,(H,14,15). The van der Waals surface area contributed by atoms with Gasteiger partial charge in [-0.05, 0) is 37.0 Å². The fourth-order valence-corrected chi connectivity index (χ4v) is 2.49. The van der Waals surface area contributed by atoms with Crippen LogP contribution in [0.3, 0.4) is 0 Å². The molecule has 4 nitrogen and oxygen atoms in total. The van der Waals surface area contributed by atoms with Crippen molar-refractivity contribution in [3.8, 4) is 0 Å². The van der Waals surface area contributed by atoms with E-state index in [2.05, 4.69) is 5.32 Å². The summed E-state index contributed by atoms with van der Waals surface area (Å²) in [6.07, 6.45) is 2.64. The molecule has 0 aromatic heterocycles. The largest absolute Gasteiger partial charge is 0.349 e. The third-order valence-corrected chi connectivity index (χ3v) is 4.25. The Bertz CT molecular complexity index is 579. The molecule has 0 atom stereocenters. The molecule has 1 amide bonds. The molecular formula is C12H14ClNO3S. The highest BCUT2D eigenvalue weighted by Crippen LogP contribution is 2.23. The Kier molecular flexibility index (Phi) is 3.64. The molecule has 0 spiro atoms. The Morgan fingerprint density at radius 3 is 2.61 bits per heavy atom. The van der Waals surface area contributed by atoms with Gasteiger partial charge in [-0.25, -0.2) is 8.42 Å². The summed E-state index contributed by atoms with van der Waals surface area (Å²) in [4.78, 5) is 12.0. The third kappa shape index (κ3) is 3.03. The Morgan fingerprint density at radius 1 is 1.44 bits per heavy atom. The molecule has 2 rings (SSSR count). The smallest absolute Gasteiger partial charge is 0.261 e. The molecule has 1 fully saturated rings. The lowest BCUT2D eigenvalue weighted by atomic mass is 10.0. The zero-order valence-corrected chi connectivity index (χ0v) is 11.5. The van der Waals surface area contributed by atoms with E-state index in [-0.39, 0.29) is 16.8 Å². The summed E-state index contributed by atoms with van der Waals surface area (Å²) in [6, 6.07) is 4.64. The average molecular weight is 288 g/mol. The molecular weight excluding hydrogens is 274 g/mol. The van der Waals surface area contributed by atoms with Crippen LogP contribution in [0.2, 0.25) is 0 Å². The third-order valence-electron chi connectivity index (χ3n) is 2.90. The molecule has 6 heteroatoms. The molecule has 1 aromatic carbocycles. The summed E-state index contributed by atoms with van der Waals surface area (Å²) in [7, 11) is 1.48. The topological polar surface area (TPSA) is 63.2 Å². The van der Waals surface area contributed by atoms with Crippen molar-refractivity contribution in [2.24, 2.45) is 0 Å². The second kappa shape index (κ2) is 4.90. The van der Waals surface area contributed by atoms with Crippen molar-refractivity contribution >= 4 is 25.6 Å². The van der Waals surface area contributed by atoms with Crippen LogP contribution in [0.25, 0.3) is 0 Å². The normalized spacial score (nSPS) is 15.4. The monoisotopic (exact) mass is 287 g/mol. The number of rotatable bonds is 4. The number of aryl methyl sites for hydroxylation is 1. The quantitative estimate of drug-likeness (QED) is 0.862. The number of carbonyl (C=O) groups is 1. The fourth-order valence-electron chi connectivity index (χ4n) is 1.72. The molecule has 0 unspecified atom stereocenters. The van der Waals surface area contributed by atoms with E-state index >= 15 is 0 Å². The van der Waals surface area contributed by atoms with Crippen molar-refractivity contribution in [2.75, 3.05) is 0 Å². The Balaban J connectivity index is 2.38. The van der Waals surface area contributed by atoms with Crippen molar-refractivity contribution in [2.45, 2.75) is 37.1 Å². The summed E-state index contributed by atoms with van der Waals surface area (Å²) >= 11 is 0. The molecule has 0 heterocycles. The van der Waals surface area contributed by atoms with Crippen LogP contribution in [0.4, 0.5) is 0 Å². The summed E-state index contributed by atoms with van der Waals surface area (Å²) in [5.41, 5.74) is 1.21. The van der Waals surface area contributed by atoms with E-state index in [9.17, 15) is 13.2 Å². The first-order chi connectivity index (χ1) is 8.41. The number of hydrogen-bond donors (Lipinski definition) is 1. The lowest BCUT2D eigenvalue weighted by molar-refractivity contribution is 0.0950. The minimum absolute atomic E-state index is 0.0395. The Labute approximate surface area is 111 Å². The maximum absolute atomic E-state index is 12.0. The Morgan fingerprint density at radius 2 is 2.11 bits per heavy atom. The highest BCUT2D eigenvalue weighted by atomic mass is 35.7. The van der Waals surface area contributed by atoms with Crippen LogP contribution in [0.5, 0.6) is 0 Å². The van der Waals surface area contributed by atoms with E-state index in [1.807, 2.05) is 6.92 Å². The van der Waals surface area contributed by atoms with Gasteiger partial charge in [0.15, 0.2) is 0 Å². The van der Waals surface area contributed by atoms with Gasteiger partial charge < -0.3 is 5.32 Å². The van der Waals surface area contributed by atoms with Crippen LogP contribution < -0.4 is 5.32 Å². The molecule has 18 heavy (non-hydrogen) atoms. The molecule has 0 bridgehead atoms. The molecule has 1 N–H and O–H groups in total. The molecule has 0 radical (unpaired) electrons. The van der Waals surface area contributed by atoms with Gasteiger partial charge in [-0.2, -0.15) is 0 Å². The number of hydrogen-bond acceptors (Lipinski definition) is 3. The summed E-state index contributed by atoms with van der Waals surface area (Å²) in [6.45, 7) is 1.91. The molecule has 1 saturated carbocycles. The number of carbonyl (C=O) groups excluding carboxylic acids is 1. The van der Waals surface area contributed by atoms with Crippen LogP contribution in [0.1, 0.15) is 35.7 Å². The van der Waals surface area contributed by atoms with Gasteiger partial charge in [0.05, 0.1) is 4.90 Å². The van der Waals surface area contributed by atoms with Gasteiger partial charge >= 0.3 is 0 Å². The lowest BCUT2D eigenvalue weighted by Crippen LogP contribution is -2.26. The van der Waals surface area contributed by atoms with Crippen LogP contribution in [-0.2, 0) is 15.5 Å². The van der Waals surface area contributed by atoms with Crippen molar-refractivity contribution in [1.82, 2.24) is 5.32 Å². The predicted octanol–water partition coefficient (Wildman–Crippen LogP) is 2.07. The van der Waals surface area contributed by atoms with E-state index in [4.69, 9.17) is 10.7 Å². The van der Waals surface area contributed by atoms with Gasteiger partial charge in [0.25, 0.3) is 15.0 Å². The van der Waals surface area contributed by atoms with Crippen molar-refractivity contribution < 1.29 is 13.2 Å². The first-order valence-corrected chi connectivity index (χ1v) is 8.11. The number of halogens is 1. The zero-order chi connectivity index (χ0) is 13.3. The Hall–Kier alpha value is -1.07. The van der Waals surface area contributed by atoms with Gasteiger partial charge in [-0.15, -0.1) is 0 Å². The molecule has 0 saturated heterocycles. The average Bonchev–Trinajstić information content (AvgIpc) is 3.10. The first-order valence-electron chi connectivity index (χ1n) is 5.80. The SMILES string of the molecule is CCc1ccc(S(=O)(=O)Cl)cc1C(=O)NC1CC1. The van der Waals surface area contributed by atoms with E-state index in [0.717, 1.165) is 18.4 Å². The van der Waals surface area contributed by atoms with E-state index in [1.54, 1.807) is 6.07 Å². The second-order valence-corrected chi connectivity index (χ2v) is 6.92. The zero-order valence-electron chi connectivity index (χ0n) is 9.94. The molecule has 1 aliphatic rings. The number of benzene rings is 1. The van der Waals surface area contributed by atoms with Gasteiger partial charge in [-0.1, -0.05) is 13.0 Å². The van der Waals surface area contributed by atoms with Gasteiger partial charge in [-0.3, -0.25) is 4.79 Å². The summed E-state index contributed by atoms with van der Waals surface area (Å²) < 4.78 is 22.6. The van der Waals surface area contributed by atoms with E-state index in [1.165, 1.54) is 12.1 Å². The fraction of sp³-hybridized carbons (Fsp3) is 0.417. The maximum atomic E-state index is 12.0. The van der Waals surface area contributed by atoms with Gasteiger partial charge in [0, 0.05) is 22.3 Å². The van der Waals surface area contributed by atoms with Crippen molar-refractivity contribution in [3.05, 3.63) is 29.3 Å². The minimum atomic E-state index is -3.80. The minimum Gasteiger partial charge on any atom is -0.349 e. The van der Waals surface area contributed by atoms with Crippen LogP contribution in [0, 0.1) is 0 Å². The van der Waals surface area contributed by atoms with Crippen LogP contribution in [0.15, 0.2) is 23.1 Å². The molecule has 1 aliphatic carbocycles. The molecule has 0 aliphatic heterocycles. The highest BCUT2D eigenvalue weighted by Gasteiger charge is 2.25. The van der Waals surface area contributed by atoms with Crippen LogP contribution in [-0.4, -0.2) is 20.4 Å². The predicted molar refractivity (Wildman–Crippen MR) is 69.3 cm³/mol.